The molecule has 1 unspecified atom stereocenters. The van der Waals surface area contributed by atoms with Gasteiger partial charge in [-0.3, -0.25) is 0 Å². The molecule has 3 aromatic rings. The van der Waals surface area contributed by atoms with Gasteiger partial charge in [0.05, 0.1) is 25.9 Å². The lowest BCUT2D eigenvalue weighted by atomic mass is 10.0. The lowest BCUT2D eigenvalue weighted by Gasteiger charge is -2.15. The minimum Gasteiger partial charge on any atom is -0.497 e. The van der Waals surface area contributed by atoms with E-state index < -0.39 is 6.10 Å². The van der Waals surface area contributed by atoms with Gasteiger partial charge >= 0.3 is 0 Å². The van der Waals surface area contributed by atoms with Crippen molar-refractivity contribution in [3.05, 3.63) is 59.9 Å². The van der Waals surface area contributed by atoms with E-state index in [-0.39, 0.29) is 0 Å². The van der Waals surface area contributed by atoms with Gasteiger partial charge in [-0.1, -0.05) is 6.07 Å². The van der Waals surface area contributed by atoms with E-state index in [2.05, 4.69) is 5.10 Å². The number of methoxy groups -OCH3 is 2. The highest BCUT2D eigenvalue weighted by atomic mass is 16.5. The highest BCUT2D eigenvalue weighted by Gasteiger charge is 2.20. The molecule has 1 N–H and O–H groups in total. The van der Waals surface area contributed by atoms with Gasteiger partial charge < -0.3 is 14.6 Å². The second kappa shape index (κ2) is 5.46. The van der Waals surface area contributed by atoms with Crippen LogP contribution in [0, 0.1) is 0 Å². The third-order valence-electron chi connectivity index (χ3n) is 3.48. The molecule has 0 aliphatic carbocycles. The Morgan fingerprint density at radius 1 is 1.10 bits per heavy atom. The molecule has 2 aromatic heterocycles. The van der Waals surface area contributed by atoms with Crippen LogP contribution in [-0.4, -0.2) is 28.9 Å². The molecule has 5 nitrogen and oxygen atoms in total. The van der Waals surface area contributed by atoms with Crippen LogP contribution in [-0.2, 0) is 0 Å². The average molecular weight is 284 g/mol. The Bertz CT molecular complexity index is 767. The number of rotatable bonds is 4. The lowest BCUT2D eigenvalue weighted by molar-refractivity contribution is 0.215. The summed E-state index contributed by atoms with van der Waals surface area (Å²) < 4.78 is 12.3. The van der Waals surface area contributed by atoms with Crippen LogP contribution in [0.3, 0.4) is 0 Å². The van der Waals surface area contributed by atoms with Crippen LogP contribution in [0.4, 0.5) is 0 Å². The maximum Gasteiger partial charge on any atom is 0.125 e. The molecule has 5 heteroatoms. The third kappa shape index (κ3) is 2.32. The maximum absolute atomic E-state index is 10.7. The van der Waals surface area contributed by atoms with Gasteiger partial charge in [0, 0.05) is 17.3 Å². The highest BCUT2D eigenvalue weighted by Crippen LogP contribution is 2.34. The van der Waals surface area contributed by atoms with Crippen molar-refractivity contribution in [1.29, 1.82) is 0 Å². The molecule has 1 aromatic carbocycles. The summed E-state index contributed by atoms with van der Waals surface area (Å²) in [5, 5.41) is 15.0. The molecule has 0 radical (unpaired) electrons. The zero-order chi connectivity index (χ0) is 14.8. The second-order valence-corrected chi connectivity index (χ2v) is 4.64. The molecule has 0 saturated heterocycles. The number of fused-ring (bicyclic) bond motifs is 1. The van der Waals surface area contributed by atoms with Gasteiger partial charge in [0.25, 0.3) is 0 Å². The van der Waals surface area contributed by atoms with E-state index in [4.69, 9.17) is 9.47 Å². The quantitative estimate of drug-likeness (QED) is 0.799. The van der Waals surface area contributed by atoms with Gasteiger partial charge in [0.1, 0.15) is 17.6 Å². The number of hydrogen-bond acceptors (Lipinski definition) is 4. The van der Waals surface area contributed by atoms with Crippen LogP contribution in [0.2, 0.25) is 0 Å². The first kappa shape index (κ1) is 13.5. The van der Waals surface area contributed by atoms with Crippen LogP contribution in [0.15, 0.2) is 48.8 Å². The van der Waals surface area contributed by atoms with Crippen molar-refractivity contribution in [3.8, 4) is 11.5 Å². The van der Waals surface area contributed by atoms with Crippen molar-refractivity contribution in [2.24, 2.45) is 0 Å². The van der Waals surface area contributed by atoms with Crippen LogP contribution < -0.4 is 9.47 Å². The maximum atomic E-state index is 10.7. The standard InChI is InChI=1S/C16H16N2O3/c1-20-11-6-7-15(21-2)12(9-11)16(19)13-10-17-18-8-4-3-5-14(13)18/h3-10,16,19H,1-2H3. The molecule has 0 spiro atoms. The molecule has 108 valence electrons. The molecular weight excluding hydrogens is 268 g/mol. The van der Waals surface area contributed by atoms with E-state index in [1.54, 1.807) is 43.1 Å². The van der Waals surface area contributed by atoms with Gasteiger partial charge in [0.15, 0.2) is 0 Å². The largest absolute Gasteiger partial charge is 0.497 e. The lowest BCUT2D eigenvalue weighted by Crippen LogP contribution is -2.03. The highest BCUT2D eigenvalue weighted by molar-refractivity contribution is 5.58. The number of aliphatic hydroxyl groups excluding tert-OH is 1. The summed E-state index contributed by atoms with van der Waals surface area (Å²) in [5.41, 5.74) is 2.23. The van der Waals surface area contributed by atoms with Crippen molar-refractivity contribution >= 4 is 5.52 Å². The molecule has 0 fully saturated rings. The molecular formula is C16H16N2O3. The summed E-state index contributed by atoms with van der Waals surface area (Å²) in [7, 11) is 3.17. The first-order valence-electron chi connectivity index (χ1n) is 6.57. The van der Waals surface area contributed by atoms with E-state index >= 15 is 0 Å². The molecule has 0 amide bonds. The Morgan fingerprint density at radius 3 is 2.71 bits per heavy atom. The van der Waals surface area contributed by atoms with Crippen molar-refractivity contribution in [2.45, 2.75) is 6.10 Å². The van der Waals surface area contributed by atoms with E-state index in [1.807, 2.05) is 24.4 Å². The molecule has 21 heavy (non-hydrogen) atoms. The fraction of sp³-hybridized carbons (Fsp3) is 0.188. The van der Waals surface area contributed by atoms with Crippen LogP contribution >= 0.6 is 0 Å². The number of nitrogens with zero attached hydrogens (tertiary/aromatic N) is 2. The number of aromatic nitrogens is 2. The van der Waals surface area contributed by atoms with Crippen molar-refractivity contribution in [2.75, 3.05) is 14.2 Å². The van der Waals surface area contributed by atoms with E-state index in [1.165, 1.54) is 0 Å². The van der Waals surface area contributed by atoms with Crippen LogP contribution in [0.5, 0.6) is 11.5 Å². The Hall–Kier alpha value is -2.53. The third-order valence-corrected chi connectivity index (χ3v) is 3.48. The average Bonchev–Trinajstić information content (AvgIpc) is 2.97. The van der Waals surface area contributed by atoms with Crippen LogP contribution in [0.1, 0.15) is 17.2 Å². The number of benzene rings is 1. The van der Waals surface area contributed by atoms with Crippen molar-refractivity contribution in [3.63, 3.8) is 0 Å². The van der Waals surface area contributed by atoms with E-state index in [0.29, 0.717) is 17.1 Å². The molecule has 1 atom stereocenters. The van der Waals surface area contributed by atoms with Crippen LogP contribution in [0.25, 0.3) is 5.52 Å². The fourth-order valence-corrected chi connectivity index (χ4v) is 2.39. The first-order valence-corrected chi connectivity index (χ1v) is 6.57. The summed E-state index contributed by atoms with van der Waals surface area (Å²) in [5.74, 6) is 1.28. The van der Waals surface area contributed by atoms with Gasteiger partial charge in [-0.15, -0.1) is 0 Å². The number of ether oxygens (including phenoxy) is 2. The molecule has 0 bridgehead atoms. The summed E-state index contributed by atoms with van der Waals surface area (Å²) in [6.07, 6.45) is 2.67. The second-order valence-electron chi connectivity index (χ2n) is 4.64. The summed E-state index contributed by atoms with van der Waals surface area (Å²) in [6, 6.07) is 11.1. The van der Waals surface area contributed by atoms with Crippen molar-refractivity contribution < 1.29 is 14.6 Å². The smallest absolute Gasteiger partial charge is 0.125 e. The monoisotopic (exact) mass is 284 g/mol. The molecule has 3 rings (SSSR count). The van der Waals surface area contributed by atoms with E-state index in [9.17, 15) is 5.11 Å². The predicted molar refractivity (Wildman–Crippen MR) is 78.8 cm³/mol. The first-order chi connectivity index (χ1) is 10.2. The van der Waals surface area contributed by atoms with Gasteiger partial charge in [-0.2, -0.15) is 5.10 Å². The predicted octanol–water partition coefficient (Wildman–Crippen LogP) is 2.43. The van der Waals surface area contributed by atoms with Crippen molar-refractivity contribution in [1.82, 2.24) is 9.61 Å². The number of pyridine rings is 1. The van der Waals surface area contributed by atoms with Gasteiger partial charge in [-0.25, -0.2) is 4.52 Å². The Labute approximate surface area is 122 Å². The molecule has 0 aliphatic rings. The SMILES string of the molecule is COc1ccc(OC)c(C(O)c2cnn3ccccc23)c1. The number of aliphatic hydroxyl groups is 1. The van der Waals surface area contributed by atoms with E-state index in [0.717, 1.165) is 11.1 Å². The van der Waals surface area contributed by atoms with Gasteiger partial charge in [0.2, 0.25) is 0 Å². The normalized spacial score (nSPS) is 12.3. The summed E-state index contributed by atoms with van der Waals surface area (Å²) in [6.45, 7) is 0. The Kier molecular flexibility index (Phi) is 3.50. The fourth-order valence-electron chi connectivity index (χ4n) is 2.39. The Balaban J connectivity index is 2.11. The molecule has 0 saturated carbocycles. The Morgan fingerprint density at radius 2 is 1.95 bits per heavy atom. The zero-order valence-corrected chi connectivity index (χ0v) is 11.9. The molecule has 2 heterocycles. The zero-order valence-electron chi connectivity index (χ0n) is 11.9. The number of hydrogen-bond donors (Lipinski definition) is 1. The molecule has 0 aliphatic heterocycles. The summed E-state index contributed by atoms with van der Waals surface area (Å²) in [4.78, 5) is 0. The minimum absolute atomic E-state index is 0.610. The summed E-state index contributed by atoms with van der Waals surface area (Å²) >= 11 is 0. The minimum atomic E-state index is -0.838. The topological polar surface area (TPSA) is 56.0 Å². The van der Waals surface area contributed by atoms with Gasteiger partial charge in [-0.05, 0) is 30.3 Å².